The highest BCUT2D eigenvalue weighted by atomic mass is 16.4. The average Bonchev–Trinajstić information content (AvgIpc) is 3.07. The minimum Gasteiger partial charge on any atom is -0.422 e. The van der Waals surface area contributed by atoms with E-state index in [1.807, 2.05) is 25.1 Å². The van der Waals surface area contributed by atoms with Crippen LogP contribution < -0.4 is 15.4 Å². The van der Waals surface area contributed by atoms with Crippen LogP contribution in [0.4, 0.5) is 11.4 Å². The van der Waals surface area contributed by atoms with E-state index < -0.39 is 17.4 Å². The second-order valence-corrected chi connectivity index (χ2v) is 7.14. The molecule has 2 amide bonds. The molecule has 152 valence electrons. The van der Waals surface area contributed by atoms with Gasteiger partial charge in [-0.1, -0.05) is 12.1 Å². The Balaban J connectivity index is 1.83. The molecule has 0 unspecified atom stereocenters. The van der Waals surface area contributed by atoms with E-state index in [-0.39, 0.29) is 0 Å². The van der Waals surface area contributed by atoms with Crippen LogP contribution in [0.15, 0.2) is 63.8 Å². The highest BCUT2D eigenvalue weighted by Gasteiger charge is 2.25. The van der Waals surface area contributed by atoms with E-state index in [1.54, 1.807) is 24.3 Å². The minimum absolute atomic E-state index is 0.400. The van der Waals surface area contributed by atoms with Crippen molar-refractivity contribution >= 4 is 34.2 Å². The minimum atomic E-state index is -0.453. The quantitative estimate of drug-likeness (QED) is 0.476. The van der Waals surface area contributed by atoms with Crippen LogP contribution in [0.1, 0.15) is 19.4 Å². The van der Waals surface area contributed by atoms with Gasteiger partial charge in [0.15, 0.2) is 0 Å². The molecule has 0 saturated carbocycles. The lowest BCUT2D eigenvalue weighted by atomic mass is 9.98. The van der Waals surface area contributed by atoms with Gasteiger partial charge in [0.2, 0.25) is 0 Å². The molecule has 2 aromatic carbocycles. The number of benzene rings is 2. The molecule has 1 aromatic heterocycles. The number of nitrogens with zero attached hydrogens (tertiary/aromatic N) is 2. The first-order chi connectivity index (χ1) is 14.4. The largest absolute Gasteiger partial charge is 0.422 e. The third kappa shape index (κ3) is 3.20. The molecule has 6 nitrogen and oxygen atoms in total. The van der Waals surface area contributed by atoms with Crippen molar-refractivity contribution in [2.45, 2.75) is 20.8 Å². The van der Waals surface area contributed by atoms with Crippen LogP contribution in [0.5, 0.6) is 0 Å². The SMILES string of the molecule is CCN(CC)c1ccc2c(C)c(-c3cccc(N4C(=O)C=CC4=O)c3)c(=O)oc2c1. The third-order valence-corrected chi connectivity index (χ3v) is 5.48. The summed E-state index contributed by atoms with van der Waals surface area (Å²) < 4.78 is 5.67. The van der Waals surface area contributed by atoms with E-state index in [0.717, 1.165) is 34.6 Å². The fraction of sp³-hybridized carbons (Fsp3) is 0.208. The van der Waals surface area contributed by atoms with Gasteiger partial charge in [0.1, 0.15) is 5.58 Å². The van der Waals surface area contributed by atoms with Gasteiger partial charge < -0.3 is 9.32 Å². The molecule has 0 atom stereocenters. The van der Waals surface area contributed by atoms with Crippen molar-refractivity contribution in [2.75, 3.05) is 22.9 Å². The molecule has 2 heterocycles. The average molecular weight is 402 g/mol. The first-order valence-electron chi connectivity index (χ1n) is 9.93. The van der Waals surface area contributed by atoms with Crippen molar-refractivity contribution in [3.63, 3.8) is 0 Å². The van der Waals surface area contributed by atoms with E-state index in [0.29, 0.717) is 22.4 Å². The zero-order chi connectivity index (χ0) is 21.4. The summed E-state index contributed by atoms with van der Waals surface area (Å²) in [6.07, 6.45) is 2.47. The van der Waals surface area contributed by atoms with Gasteiger partial charge in [0, 0.05) is 42.4 Å². The molecule has 6 heteroatoms. The van der Waals surface area contributed by atoms with E-state index >= 15 is 0 Å². The maximum Gasteiger partial charge on any atom is 0.344 e. The van der Waals surface area contributed by atoms with Crippen molar-refractivity contribution in [1.82, 2.24) is 0 Å². The number of hydrogen-bond acceptors (Lipinski definition) is 5. The molecule has 0 radical (unpaired) electrons. The lowest BCUT2D eigenvalue weighted by molar-refractivity contribution is -0.119. The molecule has 1 aliphatic heterocycles. The van der Waals surface area contributed by atoms with Crippen LogP contribution in [0, 0.1) is 6.92 Å². The van der Waals surface area contributed by atoms with E-state index in [4.69, 9.17) is 4.42 Å². The maximum absolute atomic E-state index is 12.9. The van der Waals surface area contributed by atoms with Crippen LogP contribution in [0.3, 0.4) is 0 Å². The van der Waals surface area contributed by atoms with Crippen LogP contribution >= 0.6 is 0 Å². The summed E-state index contributed by atoms with van der Waals surface area (Å²) in [6.45, 7) is 7.76. The van der Waals surface area contributed by atoms with Crippen LogP contribution in [0.2, 0.25) is 0 Å². The van der Waals surface area contributed by atoms with E-state index in [2.05, 4.69) is 18.7 Å². The van der Waals surface area contributed by atoms with Crippen molar-refractivity contribution in [2.24, 2.45) is 0 Å². The summed E-state index contributed by atoms with van der Waals surface area (Å²) in [5.74, 6) is -0.799. The summed E-state index contributed by atoms with van der Waals surface area (Å²) >= 11 is 0. The predicted octanol–water partition coefficient (Wildman–Crippen LogP) is 4.04. The highest BCUT2D eigenvalue weighted by molar-refractivity contribution is 6.28. The smallest absolute Gasteiger partial charge is 0.344 e. The Kier molecular flexibility index (Phi) is 4.99. The lowest BCUT2D eigenvalue weighted by Gasteiger charge is -2.21. The van der Waals surface area contributed by atoms with Crippen molar-refractivity contribution in [1.29, 1.82) is 0 Å². The standard InChI is InChI=1S/C24H22N2O4/c1-4-25(5-2)17-9-10-19-15(3)23(24(29)30-20(19)14-17)16-7-6-8-18(13-16)26-21(27)11-12-22(26)28/h6-14H,4-5H2,1-3H3. The Bertz CT molecular complexity index is 1230. The first kappa shape index (κ1) is 19.6. The Labute approximate surface area is 174 Å². The van der Waals surface area contributed by atoms with Gasteiger partial charge in [-0.25, -0.2) is 9.69 Å². The summed E-state index contributed by atoms with van der Waals surface area (Å²) in [6, 6.07) is 12.7. The van der Waals surface area contributed by atoms with Crippen molar-refractivity contribution in [3.8, 4) is 11.1 Å². The number of carbonyl (C=O) groups excluding carboxylic acids is 2. The zero-order valence-corrected chi connectivity index (χ0v) is 17.1. The van der Waals surface area contributed by atoms with Crippen LogP contribution in [0.25, 0.3) is 22.1 Å². The Morgan fingerprint density at radius 2 is 1.63 bits per heavy atom. The van der Waals surface area contributed by atoms with Crippen LogP contribution in [-0.4, -0.2) is 24.9 Å². The Morgan fingerprint density at radius 1 is 0.933 bits per heavy atom. The molecular weight excluding hydrogens is 380 g/mol. The van der Waals surface area contributed by atoms with Gasteiger partial charge in [0.05, 0.1) is 11.3 Å². The summed E-state index contributed by atoms with van der Waals surface area (Å²) in [4.78, 5) is 40.2. The number of aryl methyl sites for hydroxylation is 1. The summed E-state index contributed by atoms with van der Waals surface area (Å²) in [7, 11) is 0. The normalized spacial score (nSPS) is 13.5. The van der Waals surface area contributed by atoms with Gasteiger partial charge in [-0.15, -0.1) is 0 Å². The second kappa shape index (κ2) is 7.63. The molecule has 4 rings (SSSR count). The zero-order valence-electron chi connectivity index (χ0n) is 17.1. The molecule has 0 N–H and O–H groups in total. The van der Waals surface area contributed by atoms with E-state index in [9.17, 15) is 14.4 Å². The molecule has 3 aromatic rings. The van der Waals surface area contributed by atoms with Gasteiger partial charge in [-0.3, -0.25) is 9.59 Å². The third-order valence-electron chi connectivity index (χ3n) is 5.48. The number of fused-ring (bicyclic) bond motifs is 1. The fourth-order valence-corrected chi connectivity index (χ4v) is 3.92. The molecule has 0 saturated heterocycles. The monoisotopic (exact) mass is 402 g/mol. The molecule has 0 bridgehead atoms. The maximum atomic E-state index is 12.9. The highest BCUT2D eigenvalue weighted by Crippen LogP contribution is 2.31. The number of carbonyl (C=O) groups is 2. The Morgan fingerprint density at radius 3 is 2.30 bits per heavy atom. The fourth-order valence-electron chi connectivity index (χ4n) is 3.92. The van der Waals surface area contributed by atoms with Crippen molar-refractivity contribution < 1.29 is 14.0 Å². The van der Waals surface area contributed by atoms with Gasteiger partial charge >= 0.3 is 5.63 Å². The molecular formula is C24H22N2O4. The summed E-state index contributed by atoms with van der Waals surface area (Å²) in [5.41, 5.74) is 3.32. The molecule has 1 aliphatic rings. The first-order valence-corrected chi connectivity index (χ1v) is 9.93. The Hall–Kier alpha value is -3.67. The number of anilines is 2. The van der Waals surface area contributed by atoms with Gasteiger partial charge in [0.25, 0.3) is 11.8 Å². The molecule has 30 heavy (non-hydrogen) atoms. The molecule has 0 aliphatic carbocycles. The molecule has 0 spiro atoms. The number of amides is 2. The van der Waals surface area contributed by atoms with E-state index in [1.165, 1.54) is 12.2 Å². The number of imide groups is 1. The lowest BCUT2D eigenvalue weighted by Crippen LogP contribution is -2.29. The summed E-state index contributed by atoms with van der Waals surface area (Å²) in [5, 5.41) is 0.848. The number of rotatable bonds is 5. The topological polar surface area (TPSA) is 70.8 Å². The predicted molar refractivity (Wildman–Crippen MR) is 118 cm³/mol. The van der Waals surface area contributed by atoms with Gasteiger partial charge in [-0.05, 0) is 56.2 Å². The van der Waals surface area contributed by atoms with Crippen molar-refractivity contribution in [3.05, 3.63) is 70.6 Å². The second-order valence-electron chi connectivity index (χ2n) is 7.14. The number of hydrogen-bond donors (Lipinski definition) is 0. The van der Waals surface area contributed by atoms with Crippen LogP contribution in [-0.2, 0) is 9.59 Å². The van der Waals surface area contributed by atoms with Gasteiger partial charge in [-0.2, -0.15) is 0 Å². The molecule has 0 fully saturated rings.